The second-order valence-corrected chi connectivity index (χ2v) is 4.20. The summed E-state index contributed by atoms with van der Waals surface area (Å²) in [5, 5.41) is 3.35. The number of nitrogens with one attached hydrogen (secondary N) is 1. The normalized spacial score (nSPS) is 11.7. The highest BCUT2D eigenvalue weighted by Gasteiger charge is 2.30. The van der Waals surface area contributed by atoms with Crippen molar-refractivity contribution in [3.05, 3.63) is 22.8 Å². The predicted molar refractivity (Wildman–Crippen MR) is 66.0 cm³/mol. The molecular formula is C11H15ClF3N3. The Hall–Kier alpha value is -1.01. The maximum atomic E-state index is 12.4. The molecule has 1 N–H and O–H groups in total. The molecule has 0 radical (unpaired) electrons. The minimum absolute atomic E-state index is 0.229. The number of anilines is 1. The minimum Gasteiger partial charge on any atom is -0.348 e. The molecule has 0 aliphatic heterocycles. The van der Waals surface area contributed by atoms with Crippen LogP contribution in [-0.4, -0.2) is 31.3 Å². The first-order valence-corrected chi connectivity index (χ1v) is 5.86. The summed E-state index contributed by atoms with van der Waals surface area (Å²) in [6.07, 6.45) is -2.87. The first kappa shape index (κ1) is 15.0. The summed E-state index contributed by atoms with van der Waals surface area (Å²) in [4.78, 5) is 5.10. The zero-order valence-corrected chi connectivity index (χ0v) is 10.9. The van der Waals surface area contributed by atoms with Gasteiger partial charge in [0.15, 0.2) is 0 Å². The summed E-state index contributed by atoms with van der Waals surface area (Å²) >= 11 is 5.91. The molecule has 1 rings (SSSR count). The van der Waals surface area contributed by atoms with Crippen molar-refractivity contribution in [2.45, 2.75) is 19.6 Å². The molecule has 0 amide bonds. The van der Waals surface area contributed by atoms with Crippen molar-refractivity contribution < 1.29 is 13.2 Å². The van der Waals surface area contributed by atoms with Crippen LogP contribution in [0, 0.1) is 0 Å². The summed E-state index contributed by atoms with van der Waals surface area (Å²) < 4.78 is 37.2. The molecule has 102 valence electrons. The number of halogens is 4. The Bertz CT molecular complexity index is 396. The van der Waals surface area contributed by atoms with Crippen molar-refractivity contribution in [3.63, 3.8) is 0 Å². The fourth-order valence-corrected chi connectivity index (χ4v) is 1.71. The molecule has 0 atom stereocenters. The van der Waals surface area contributed by atoms with E-state index in [0.29, 0.717) is 11.6 Å². The summed E-state index contributed by atoms with van der Waals surface area (Å²) in [7, 11) is 1.74. The first-order valence-electron chi connectivity index (χ1n) is 5.48. The monoisotopic (exact) mass is 281 g/mol. The predicted octanol–water partition coefficient (Wildman–Crippen LogP) is 2.84. The Kier molecular flexibility index (Phi) is 5.22. The average Bonchev–Trinajstić information content (AvgIpc) is 2.28. The number of pyridine rings is 1. The quantitative estimate of drug-likeness (QED) is 0.899. The van der Waals surface area contributed by atoms with Crippen LogP contribution in [0.1, 0.15) is 12.5 Å². The Balaban J connectivity index is 2.96. The lowest BCUT2D eigenvalue weighted by Gasteiger charge is -2.23. The van der Waals surface area contributed by atoms with E-state index < -0.39 is 12.7 Å². The van der Waals surface area contributed by atoms with Crippen LogP contribution in [0.3, 0.4) is 0 Å². The van der Waals surface area contributed by atoms with Gasteiger partial charge in [-0.25, -0.2) is 4.98 Å². The van der Waals surface area contributed by atoms with Gasteiger partial charge in [-0.2, -0.15) is 13.2 Å². The average molecular weight is 282 g/mol. The molecule has 0 aliphatic rings. The zero-order chi connectivity index (χ0) is 13.8. The van der Waals surface area contributed by atoms with E-state index in [2.05, 4.69) is 10.3 Å². The molecular weight excluding hydrogens is 267 g/mol. The third-order valence-corrected chi connectivity index (χ3v) is 2.70. The SMILES string of the molecule is CCN(CC(F)(F)F)c1cc(CNC)c(Cl)cn1. The van der Waals surface area contributed by atoms with Gasteiger partial charge in [0.1, 0.15) is 12.4 Å². The van der Waals surface area contributed by atoms with Crippen molar-refractivity contribution in [1.29, 1.82) is 0 Å². The number of hydrogen-bond acceptors (Lipinski definition) is 3. The lowest BCUT2D eigenvalue weighted by molar-refractivity contribution is -0.119. The summed E-state index contributed by atoms with van der Waals surface area (Å²) in [5.41, 5.74) is 0.727. The lowest BCUT2D eigenvalue weighted by atomic mass is 10.2. The number of hydrogen-bond donors (Lipinski definition) is 1. The number of nitrogens with zero attached hydrogens (tertiary/aromatic N) is 2. The Morgan fingerprint density at radius 3 is 2.61 bits per heavy atom. The molecule has 0 unspecified atom stereocenters. The van der Waals surface area contributed by atoms with Gasteiger partial charge in [-0.15, -0.1) is 0 Å². The van der Waals surface area contributed by atoms with Crippen LogP contribution in [0.5, 0.6) is 0 Å². The van der Waals surface area contributed by atoms with Crippen LogP contribution in [0.2, 0.25) is 5.02 Å². The molecule has 0 spiro atoms. The van der Waals surface area contributed by atoms with E-state index in [1.807, 2.05) is 0 Å². The highest BCUT2D eigenvalue weighted by atomic mass is 35.5. The van der Waals surface area contributed by atoms with Crippen LogP contribution in [0.4, 0.5) is 19.0 Å². The maximum Gasteiger partial charge on any atom is 0.405 e. The Morgan fingerprint density at radius 1 is 1.44 bits per heavy atom. The summed E-state index contributed by atoms with van der Waals surface area (Å²) in [6.45, 7) is 1.35. The van der Waals surface area contributed by atoms with E-state index in [0.717, 1.165) is 10.5 Å². The molecule has 0 fully saturated rings. The molecule has 0 saturated carbocycles. The molecule has 3 nitrogen and oxygen atoms in total. The fraction of sp³-hybridized carbons (Fsp3) is 0.545. The van der Waals surface area contributed by atoms with Gasteiger partial charge in [-0.1, -0.05) is 11.6 Å². The van der Waals surface area contributed by atoms with Gasteiger partial charge in [0.25, 0.3) is 0 Å². The van der Waals surface area contributed by atoms with Crippen LogP contribution >= 0.6 is 11.6 Å². The van der Waals surface area contributed by atoms with E-state index >= 15 is 0 Å². The van der Waals surface area contributed by atoms with Gasteiger partial charge in [-0.05, 0) is 25.6 Å². The molecule has 1 heterocycles. The van der Waals surface area contributed by atoms with Crippen molar-refractivity contribution >= 4 is 17.4 Å². The lowest BCUT2D eigenvalue weighted by Crippen LogP contribution is -2.34. The summed E-state index contributed by atoms with van der Waals surface area (Å²) in [5.74, 6) is 0.282. The van der Waals surface area contributed by atoms with Crippen LogP contribution in [0.15, 0.2) is 12.3 Å². The van der Waals surface area contributed by atoms with Crippen molar-refractivity contribution in [2.75, 3.05) is 25.0 Å². The molecule has 0 bridgehead atoms. The van der Waals surface area contributed by atoms with Crippen LogP contribution < -0.4 is 10.2 Å². The third kappa shape index (κ3) is 4.34. The van der Waals surface area contributed by atoms with E-state index in [1.54, 1.807) is 20.0 Å². The van der Waals surface area contributed by atoms with Gasteiger partial charge >= 0.3 is 6.18 Å². The van der Waals surface area contributed by atoms with E-state index in [-0.39, 0.29) is 12.4 Å². The number of aromatic nitrogens is 1. The molecule has 0 aliphatic carbocycles. The van der Waals surface area contributed by atoms with Gasteiger partial charge < -0.3 is 10.2 Å². The molecule has 0 saturated heterocycles. The topological polar surface area (TPSA) is 28.2 Å². The molecule has 18 heavy (non-hydrogen) atoms. The standard InChI is InChI=1S/C11H15ClF3N3/c1-3-18(7-11(13,14)15)10-4-8(5-16-2)9(12)6-17-10/h4,6,16H,3,5,7H2,1-2H3. The second-order valence-electron chi connectivity index (χ2n) is 3.79. The van der Waals surface area contributed by atoms with Gasteiger partial charge in [0.05, 0.1) is 5.02 Å². The van der Waals surface area contributed by atoms with Gasteiger partial charge in [0.2, 0.25) is 0 Å². The Labute approximate surface area is 109 Å². The highest BCUT2D eigenvalue weighted by Crippen LogP contribution is 2.24. The number of alkyl halides is 3. The van der Waals surface area contributed by atoms with Crippen LogP contribution in [-0.2, 0) is 6.54 Å². The van der Waals surface area contributed by atoms with Crippen molar-refractivity contribution in [3.8, 4) is 0 Å². The maximum absolute atomic E-state index is 12.4. The van der Waals surface area contributed by atoms with E-state index in [4.69, 9.17) is 11.6 Å². The second kappa shape index (κ2) is 6.24. The van der Waals surface area contributed by atoms with Crippen molar-refractivity contribution in [1.82, 2.24) is 10.3 Å². The molecule has 0 aromatic carbocycles. The van der Waals surface area contributed by atoms with Gasteiger partial charge in [0, 0.05) is 19.3 Å². The van der Waals surface area contributed by atoms with E-state index in [1.165, 1.54) is 6.20 Å². The Morgan fingerprint density at radius 2 is 2.11 bits per heavy atom. The zero-order valence-electron chi connectivity index (χ0n) is 10.2. The smallest absolute Gasteiger partial charge is 0.348 e. The molecule has 7 heteroatoms. The highest BCUT2D eigenvalue weighted by molar-refractivity contribution is 6.31. The van der Waals surface area contributed by atoms with Gasteiger partial charge in [-0.3, -0.25) is 0 Å². The first-order chi connectivity index (χ1) is 8.37. The van der Waals surface area contributed by atoms with E-state index in [9.17, 15) is 13.2 Å². The number of rotatable bonds is 5. The molecule has 1 aromatic rings. The molecule has 1 aromatic heterocycles. The fourth-order valence-electron chi connectivity index (χ4n) is 1.54. The van der Waals surface area contributed by atoms with Crippen LogP contribution in [0.25, 0.3) is 0 Å². The third-order valence-electron chi connectivity index (χ3n) is 2.36. The summed E-state index contributed by atoms with van der Waals surface area (Å²) in [6, 6.07) is 1.58. The minimum atomic E-state index is -4.25. The van der Waals surface area contributed by atoms with Crippen molar-refractivity contribution in [2.24, 2.45) is 0 Å². The largest absolute Gasteiger partial charge is 0.405 e.